The molecule has 4 N–H and O–H groups in total. The van der Waals surface area contributed by atoms with Crippen molar-refractivity contribution in [1.29, 1.82) is 0 Å². The molecule has 10 heteroatoms. The molecule has 0 saturated carbocycles. The summed E-state index contributed by atoms with van der Waals surface area (Å²) in [5, 5.41) is 23.2. The third-order valence-corrected chi connectivity index (χ3v) is 3.24. The van der Waals surface area contributed by atoms with Gasteiger partial charge < -0.3 is 30.3 Å². The molecule has 120 valence electrons. The Kier molecular flexibility index (Phi) is 4.49. The summed E-state index contributed by atoms with van der Waals surface area (Å²) in [5.74, 6) is -2.84. The predicted octanol–water partition coefficient (Wildman–Crippen LogP) is -0.551. The second-order valence-electron chi connectivity index (χ2n) is 4.79. The Bertz CT molecular complexity index is 507. The SMILES string of the molecule is O=C1NCC(C/C(C(=O)O)=C(/CC2CNC(=O)O2)C(=O)O)O1. The fourth-order valence-electron chi connectivity index (χ4n) is 2.23. The van der Waals surface area contributed by atoms with E-state index < -0.39 is 36.3 Å². The van der Waals surface area contributed by atoms with Crippen LogP contribution in [0.5, 0.6) is 0 Å². The molecular formula is C12H14N2O8. The Labute approximate surface area is 124 Å². The zero-order valence-electron chi connectivity index (χ0n) is 11.3. The molecule has 2 fully saturated rings. The van der Waals surface area contributed by atoms with Gasteiger partial charge in [-0.3, -0.25) is 0 Å². The number of carboxylic acids is 2. The monoisotopic (exact) mass is 314 g/mol. The minimum Gasteiger partial charge on any atom is -0.478 e. The van der Waals surface area contributed by atoms with Crippen molar-refractivity contribution in [2.75, 3.05) is 13.1 Å². The van der Waals surface area contributed by atoms with Crippen LogP contribution in [0.15, 0.2) is 11.1 Å². The quantitative estimate of drug-likeness (QED) is 0.477. The first-order valence-electron chi connectivity index (χ1n) is 6.44. The minimum atomic E-state index is -1.42. The fourth-order valence-corrected chi connectivity index (χ4v) is 2.23. The number of ether oxygens (including phenoxy) is 2. The molecule has 0 bridgehead atoms. The molecule has 2 atom stereocenters. The third kappa shape index (κ3) is 3.65. The van der Waals surface area contributed by atoms with Crippen molar-refractivity contribution < 1.29 is 38.9 Å². The molecule has 2 saturated heterocycles. The van der Waals surface area contributed by atoms with E-state index >= 15 is 0 Å². The van der Waals surface area contributed by atoms with Crippen LogP contribution in [0.25, 0.3) is 0 Å². The summed E-state index contributed by atoms with van der Waals surface area (Å²) in [6, 6.07) is 0. The van der Waals surface area contributed by atoms with Gasteiger partial charge in [0, 0.05) is 12.8 Å². The van der Waals surface area contributed by atoms with E-state index in [0.29, 0.717) is 0 Å². The maximum atomic E-state index is 11.3. The molecule has 0 aliphatic carbocycles. The van der Waals surface area contributed by atoms with Crippen molar-refractivity contribution in [3.63, 3.8) is 0 Å². The van der Waals surface area contributed by atoms with E-state index in [1.807, 2.05) is 0 Å². The van der Waals surface area contributed by atoms with Gasteiger partial charge in [0.15, 0.2) is 0 Å². The van der Waals surface area contributed by atoms with Gasteiger partial charge in [0.2, 0.25) is 0 Å². The van der Waals surface area contributed by atoms with E-state index in [1.54, 1.807) is 0 Å². The number of carbonyl (C=O) groups is 4. The minimum absolute atomic E-state index is 0.0997. The third-order valence-electron chi connectivity index (χ3n) is 3.24. The molecule has 2 aliphatic rings. The number of carboxylic acid groups (broad SMARTS) is 2. The number of aliphatic carboxylic acids is 2. The first-order chi connectivity index (χ1) is 10.4. The van der Waals surface area contributed by atoms with Crippen LogP contribution >= 0.6 is 0 Å². The standard InChI is InChI=1S/C12H14N2O8/c15-9(16)7(1-5-3-13-11(19)21-5)8(10(17)18)2-6-4-14-12(20)22-6/h5-6H,1-4H2,(H,13,19)(H,14,20)(H,15,16)(H,17,18)/b8-7+. The number of hydrogen-bond acceptors (Lipinski definition) is 6. The summed E-state index contributed by atoms with van der Waals surface area (Å²) in [7, 11) is 0. The molecule has 2 unspecified atom stereocenters. The lowest BCUT2D eigenvalue weighted by Gasteiger charge is -2.14. The van der Waals surface area contributed by atoms with Gasteiger partial charge in [-0.25, -0.2) is 19.2 Å². The van der Waals surface area contributed by atoms with Crippen LogP contribution in [0.4, 0.5) is 9.59 Å². The average Bonchev–Trinajstić information content (AvgIpc) is 3.02. The molecule has 22 heavy (non-hydrogen) atoms. The fraction of sp³-hybridized carbons (Fsp3) is 0.500. The van der Waals surface area contributed by atoms with Crippen molar-refractivity contribution in [2.45, 2.75) is 25.0 Å². The Morgan fingerprint density at radius 3 is 1.50 bits per heavy atom. The second-order valence-corrected chi connectivity index (χ2v) is 4.79. The van der Waals surface area contributed by atoms with Gasteiger partial charge in [0.1, 0.15) is 12.2 Å². The molecule has 2 rings (SSSR count). The smallest absolute Gasteiger partial charge is 0.407 e. The highest BCUT2D eigenvalue weighted by Gasteiger charge is 2.32. The second kappa shape index (κ2) is 6.33. The van der Waals surface area contributed by atoms with Crippen molar-refractivity contribution in [2.24, 2.45) is 0 Å². The van der Waals surface area contributed by atoms with Gasteiger partial charge in [-0.2, -0.15) is 0 Å². The molecule has 2 aliphatic heterocycles. The van der Waals surface area contributed by atoms with E-state index in [-0.39, 0.29) is 37.1 Å². The molecule has 2 amide bonds. The number of carbonyl (C=O) groups excluding carboxylic acids is 2. The summed E-state index contributed by atoms with van der Waals surface area (Å²) in [4.78, 5) is 44.6. The zero-order chi connectivity index (χ0) is 16.3. The van der Waals surface area contributed by atoms with Crippen LogP contribution in [0.2, 0.25) is 0 Å². The zero-order valence-corrected chi connectivity index (χ0v) is 11.3. The summed E-state index contributed by atoms with van der Waals surface area (Å²) in [5.41, 5.74) is -0.756. The maximum absolute atomic E-state index is 11.3. The largest absolute Gasteiger partial charge is 0.478 e. The number of cyclic esters (lactones) is 2. The molecule has 0 aromatic carbocycles. The highest BCUT2D eigenvalue weighted by molar-refractivity contribution is 5.99. The van der Waals surface area contributed by atoms with Crippen LogP contribution in [-0.4, -0.2) is 59.6 Å². The van der Waals surface area contributed by atoms with Gasteiger partial charge in [0.25, 0.3) is 0 Å². The van der Waals surface area contributed by atoms with Crippen LogP contribution in [0.3, 0.4) is 0 Å². The van der Waals surface area contributed by atoms with Gasteiger partial charge in [-0.1, -0.05) is 0 Å². The summed E-state index contributed by atoms with van der Waals surface area (Å²) in [6.07, 6.45) is -3.36. The van der Waals surface area contributed by atoms with Gasteiger partial charge in [0.05, 0.1) is 24.2 Å². The van der Waals surface area contributed by atoms with E-state index in [9.17, 15) is 29.4 Å². The van der Waals surface area contributed by atoms with Crippen LogP contribution in [0.1, 0.15) is 12.8 Å². The normalized spacial score (nSPS) is 24.7. The molecule has 0 radical (unpaired) electrons. The molecule has 2 heterocycles. The van der Waals surface area contributed by atoms with Crippen molar-refractivity contribution in [3.8, 4) is 0 Å². The Hall–Kier alpha value is -2.78. The summed E-state index contributed by atoms with van der Waals surface area (Å²) >= 11 is 0. The van der Waals surface area contributed by atoms with Crippen LogP contribution in [0, 0.1) is 0 Å². The molecule has 0 spiro atoms. The lowest BCUT2D eigenvalue weighted by molar-refractivity contribution is -0.136. The van der Waals surface area contributed by atoms with Crippen molar-refractivity contribution in [1.82, 2.24) is 10.6 Å². The number of rotatable bonds is 6. The summed E-state index contributed by atoms with van der Waals surface area (Å²) in [6.45, 7) is 0.199. The van der Waals surface area contributed by atoms with Crippen LogP contribution in [-0.2, 0) is 19.1 Å². The maximum Gasteiger partial charge on any atom is 0.407 e. The van der Waals surface area contributed by atoms with Gasteiger partial charge >= 0.3 is 24.1 Å². The topological polar surface area (TPSA) is 151 Å². The van der Waals surface area contributed by atoms with E-state index in [1.165, 1.54) is 0 Å². The Balaban J connectivity index is 2.18. The lowest BCUT2D eigenvalue weighted by atomic mass is 9.97. The van der Waals surface area contributed by atoms with Crippen molar-refractivity contribution in [3.05, 3.63) is 11.1 Å². The molecular weight excluding hydrogens is 300 g/mol. The van der Waals surface area contributed by atoms with E-state index in [0.717, 1.165) is 0 Å². The molecule has 10 nitrogen and oxygen atoms in total. The summed E-state index contributed by atoms with van der Waals surface area (Å²) < 4.78 is 9.64. The number of alkyl carbamates (subject to hydrolysis) is 2. The Morgan fingerprint density at radius 2 is 1.27 bits per heavy atom. The van der Waals surface area contributed by atoms with E-state index in [4.69, 9.17) is 9.47 Å². The first-order valence-corrected chi connectivity index (χ1v) is 6.44. The number of hydrogen-bond donors (Lipinski definition) is 4. The highest BCUT2D eigenvalue weighted by atomic mass is 16.6. The molecule has 0 aromatic rings. The van der Waals surface area contributed by atoms with Gasteiger partial charge in [-0.15, -0.1) is 0 Å². The highest BCUT2D eigenvalue weighted by Crippen LogP contribution is 2.22. The van der Waals surface area contributed by atoms with Gasteiger partial charge in [-0.05, 0) is 0 Å². The average molecular weight is 314 g/mol. The predicted molar refractivity (Wildman–Crippen MR) is 68.1 cm³/mol. The first kappa shape index (κ1) is 15.6. The lowest BCUT2D eigenvalue weighted by Crippen LogP contribution is -2.23. The van der Waals surface area contributed by atoms with Crippen LogP contribution < -0.4 is 10.6 Å². The van der Waals surface area contributed by atoms with Crippen molar-refractivity contribution >= 4 is 24.1 Å². The molecule has 0 aromatic heterocycles. The van der Waals surface area contributed by atoms with E-state index in [2.05, 4.69) is 10.6 Å². The number of nitrogens with one attached hydrogen (secondary N) is 2. The Morgan fingerprint density at radius 1 is 0.909 bits per heavy atom. The number of amides is 2.